The number of nitrogens with two attached hydrogens (primary N) is 1. The number of tetrazole rings is 1. The van der Waals surface area contributed by atoms with Crippen LogP contribution in [0.4, 0.5) is 5.82 Å². The van der Waals surface area contributed by atoms with E-state index in [1.165, 1.54) is 11.8 Å². The molecule has 0 saturated carbocycles. The van der Waals surface area contributed by atoms with Gasteiger partial charge >= 0.3 is 0 Å². The van der Waals surface area contributed by atoms with E-state index in [2.05, 4.69) is 30.6 Å². The monoisotopic (exact) mass is 438 g/mol. The van der Waals surface area contributed by atoms with E-state index in [1.807, 2.05) is 37.3 Å². The lowest BCUT2D eigenvalue weighted by Crippen LogP contribution is -2.29. The maximum Gasteiger partial charge on any atom is 0.266 e. The zero-order valence-corrected chi connectivity index (χ0v) is 17.7. The molecule has 11 heteroatoms. The summed E-state index contributed by atoms with van der Waals surface area (Å²) in [6.45, 7) is 2.37. The predicted molar refractivity (Wildman–Crippen MR) is 119 cm³/mol. The molecule has 0 aliphatic carbocycles. The number of benzene rings is 1. The lowest BCUT2D eigenvalue weighted by atomic mass is 10.1. The average molecular weight is 439 g/mol. The van der Waals surface area contributed by atoms with Gasteiger partial charge in [0.25, 0.3) is 5.91 Å². The summed E-state index contributed by atoms with van der Waals surface area (Å²) in [5.41, 5.74) is 8.42. The largest absolute Gasteiger partial charge is 0.383 e. The Morgan fingerprint density at radius 1 is 1.37 bits per heavy atom. The van der Waals surface area contributed by atoms with E-state index >= 15 is 0 Å². The van der Waals surface area contributed by atoms with Crippen molar-refractivity contribution in [3.8, 4) is 11.4 Å². The highest BCUT2D eigenvalue weighted by Crippen LogP contribution is 2.33. The normalized spacial score (nSPS) is 15.4. The lowest BCUT2D eigenvalue weighted by Gasteiger charge is -2.13. The summed E-state index contributed by atoms with van der Waals surface area (Å²) in [6, 6.07) is 7.65. The second kappa shape index (κ2) is 8.67. The third kappa shape index (κ3) is 4.36. The Bertz CT molecular complexity index is 1130. The molecule has 1 aromatic carbocycles. The van der Waals surface area contributed by atoms with Crippen molar-refractivity contribution in [3.05, 3.63) is 52.3 Å². The standard InChI is InChI=1S/C19H18N8OS2/c1-11-10-21-17(22-16(11)20)13-5-2-4-12(8-13)9-14-18(28)27(19(29)30-14)7-3-6-15-23-25-26-24-15/h2,4-5,8-10H,3,6-7H2,1H3,(H2,20,21,22)(H,23,24,25,26). The number of H-pyrrole nitrogens is 1. The van der Waals surface area contributed by atoms with Gasteiger partial charge in [-0.25, -0.2) is 9.97 Å². The number of carbonyl (C=O) groups excluding carboxylic acids is 1. The Labute approximate surface area is 182 Å². The summed E-state index contributed by atoms with van der Waals surface area (Å²) >= 11 is 6.70. The molecule has 1 aliphatic heterocycles. The highest BCUT2D eigenvalue weighted by Gasteiger charge is 2.31. The Balaban J connectivity index is 1.48. The number of hydrogen-bond donors (Lipinski definition) is 2. The summed E-state index contributed by atoms with van der Waals surface area (Å²) in [6.07, 6.45) is 4.85. The van der Waals surface area contributed by atoms with Crippen molar-refractivity contribution in [2.75, 3.05) is 12.3 Å². The van der Waals surface area contributed by atoms with Gasteiger partial charge in [-0.3, -0.25) is 9.69 Å². The summed E-state index contributed by atoms with van der Waals surface area (Å²) in [5.74, 6) is 1.51. The van der Waals surface area contributed by atoms with Crippen LogP contribution in [0.3, 0.4) is 0 Å². The minimum atomic E-state index is -0.0978. The molecule has 1 amide bonds. The van der Waals surface area contributed by atoms with Crippen LogP contribution in [0.1, 0.15) is 23.4 Å². The molecular formula is C19H18N8OS2. The second-order valence-corrected chi connectivity index (χ2v) is 8.33. The fourth-order valence-electron chi connectivity index (χ4n) is 2.89. The minimum Gasteiger partial charge on any atom is -0.383 e. The number of aryl methyl sites for hydroxylation is 2. The van der Waals surface area contributed by atoms with Crippen LogP contribution in [0.5, 0.6) is 0 Å². The molecule has 3 N–H and O–H groups in total. The first kappa shape index (κ1) is 20.1. The first-order valence-electron chi connectivity index (χ1n) is 9.18. The molecule has 152 valence electrons. The fourth-order valence-corrected chi connectivity index (χ4v) is 4.20. The Kier molecular flexibility index (Phi) is 5.81. The van der Waals surface area contributed by atoms with E-state index in [9.17, 15) is 4.79 Å². The van der Waals surface area contributed by atoms with Crippen LogP contribution in [0.15, 0.2) is 35.4 Å². The molecule has 30 heavy (non-hydrogen) atoms. The first-order valence-corrected chi connectivity index (χ1v) is 10.4. The number of aromatic nitrogens is 6. The number of nitrogens with one attached hydrogen (secondary N) is 1. The van der Waals surface area contributed by atoms with Crippen LogP contribution in [0.2, 0.25) is 0 Å². The molecule has 4 rings (SSSR count). The van der Waals surface area contributed by atoms with E-state index in [1.54, 1.807) is 11.1 Å². The molecule has 3 heterocycles. The van der Waals surface area contributed by atoms with Gasteiger partial charge in [0.05, 0.1) is 4.91 Å². The van der Waals surface area contributed by atoms with E-state index < -0.39 is 0 Å². The molecule has 3 aromatic rings. The number of nitrogen functional groups attached to an aromatic ring is 1. The van der Waals surface area contributed by atoms with Crippen molar-refractivity contribution in [2.24, 2.45) is 0 Å². The van der Waals surface area contributed by atoms with Crippen molar-refractivity contribution >= 4 is 46.1 Å². The molecule has 0 atom stereocenters. The molecule has 1 fully saturated rings. The summed E-state index contributed by atoms with van der Waals surface area (Å²) in [4.78, 5) is 23.7. The third-order valence-corrected chi connectivity index (χ3v) is 5.88. The number of hydrogen-bond acceptors (Lipinski definition) is 9. The van der Waals surface area contributed by atoms with Crippen molar-refractivity contribution in [1.82, 2.24) is 35.5 Å². The maximum atomic E-state index is 12.8. The zero-order valence-electron chi connectivity index (χ0n) is 16.1. The van der Waals surface area contributed by atoms with Crippen LogP contribution < -0.4 is 5.73 Å². The summed E-state index contributed by atoms with van der Waals surface area (Å²) < 4.78 is 0.546. The minimum absolute atomic E-state index is 0.0978. The number of amides is 1. The zero-order chi connectivity index (χ0) is 21.1. The molecule has 0 spiro atoms. The first-order chi connectivity index (χ1) is 14.5. The predicted octanol–water partition coefficient (Wildman–Crippen LogP) is 2.38. The quantitative estimate of drug-likeness (QED) is 0.440. The number of carbonyl (C=O) groups is 1. The van der Waals surface area contributed by atoms with Gasteiger partial charge < -0.3 is 5.73 Å². The van der Waals surface area contributed by atoms with Crippen LogP contribution in [-0.2, 0) is 11.2 Å². The molecular weight excluding hydrogens is 420 g/mol. The average Bonchev–Trinajstić information content (AvgIpc) is 3.34. The number of rotatable bonds is 6. The topological polar surface area (TPSA) is 127 Å². The smallest absolute Gasteiger partial charge is 0.266 e. The molecule has 0 unspecified atom stereocenters. The Morgan fingerprint density at radius 2 is 2.23 bits per heavy atom. The molecule has 1 saturated heterocycles. The number of thiocarbonyl (C=S) groups is 1. The lowest BCUT2D eigenvalue weighted by molar-refractivity contribution is -0.122. The van der Waals surface area contributed by atoms with Gasteiger partial charge in [-0.2, -0.15) is 5.21 Å². The van der Waals surface area contributed by atoms with Crippen LogP contribution in [0, 0.1) is 6.92 Å². The highest BCUT2D eigenvalue weighted by atomic mass is 32.2. The third-order valence-electron chi connectivity index (χ3n) is 4.50. The van der Waals surface area contributed by atoms with E-state index in [0.29, 0.717) is 46.1 Å². The fraction of sp³-hybridized carbons (Fsp3) is 0.211. The van der Waals surface area contributed by atoms with Crippen molar-refractivity contribution in [3.63, 3.8) is 0 Å². The molecule has 1 aliphatic rings. The number of anilines is 1. The van der Waals surface area contributed by atoms with Gasteiger partial charge in [-0.15, -0.1) is 10.2 Å². The van der Waals surface area contributed by atoms with E-state index in [0.717, 1.165) is 16.7 Å². The molecule has 0 radical (unpaired) electrons. The number of thioether (sulfide) groups is 1. The second-order valence-electron chi connectivity index (χ2n) is 6.65. The molecule has 2 aromatic heterocycles. The van der Waals surface area contributed by atoms with Gasteiger partial charge in [0.2, 0.25) is 0 Å². The Hall–Kier alpha value is -3.18. The number of nitrogens with zero attached hydrogens (tertiary/aromatic N) is 6. The summed E-state index contributed by atoms with van der Waals surface area (Å²) in [7, 11) is 0. The van der Waals surface area contributed by atoms with Gasteiger partial charge in [-0.05, 0) is 31.1 Å². The highest BCUT2D eigenvalue weighted by molar-refractivity contribution is 8.26. The Morgan fingerprint density at radius 3 is 3.00 bits per heavy atom. The maximum absolute atomic E-state index is 12.8. The SMILES string of the molecule is Cc1cnc(-c2cccc(C=C3SC(=S)N(CCCc4nn[nH]n4)C3=O)c2)nc1N. The summed E-state index contributed by atoms with van der Waals surface area (Å²) in [5, 5.41) is 13.8. The molecule has 9 nitrogen and oxygen atoms in total. The van der Waals surface area contributed by atoms with Crippen molar-refractivity contribution < 1.29 is 4.79 Å². The van der Waals surface area contributed by atoms with Gasteiger partial charge in [0.15, 0.2) is 11.6 Å². The van der Waals surface area contributed by atoms with E-state index in [-0.39, 0.29) is 5.91 Å². The van der Waals surface area contributed by atoms with Crippen LogP contribution in [0.25, 0.3) is 17.5 Å². The van der Waals surface area contributed by atoms with Gasteiger partial charge in [0.1, 0.15) is 10.1 Å². The van der Waals surface area contributed by atoms with Crippen molar-refractivity contribution in [1.29, 1.82) is 0 Å². The number of aromatic amines is 1. The van der Waals surface area contributed by atoms with Gasteiger partial charge in [0, 0.05) is 30.3 Å². The molecule has 0 bridgehead atoms. The van der Waals surface area contributed by atoms with Gasteiger partial charge in [-0.1, -0.05) is 47.4 Å². The van der Waals surface area contributed by atoms with Crippen molar-refractivity contribution in [2.45, 2.75) is 19.8 Å². The van der Waals surface area contributed by atoms with Crippen LogP contribution >= 0.6 is 24.0 Å². The van der Waals surface area contributed by atoms with Crippen LogP contribution in [-0.4, -0.2) is 52.3 Å². The van der Waals surface area contributed by atoms with E-state index in [4.69, 9.17) is 18.0 Å².